The molecular formula is C30H32N4O3S. The number of fused-ring (bicyclic) bond motifs is 4. The van der Waals surface area contributed by atoms with Gasteiger partial charge in [-0.15, -0.1) is 10.2 Å². The van der Waals surface area contributed by atoms with Crippen molar-refractivity contribution < 1.29 is 14.3 Å². The molecule has 1 atom stereocenters. The van der Waals surface area contributed by atoms with Crippen LogP contribution in [0.1, 0.15) is 58.2 Å². The van der Waals surface area contributed by atoms with E-state index in [1.807, 2.05) is 54.6 Å². The number of carbonyl (C=O) groups excluding carboxylic acids is 1. The number of carbonyl (C=O) groups is 1. The monoisotopic (exact) mass is 528 g/mol. The fraction of sp³-hybridized carbons (Fsp3) is 0.333. The molecule has 0 unspecified atom stereocenters. The Labute approximate surface area is 227 Å². The zero-order valence-corrected chi connectivity index (χ0v) is 22.8. The molecule has 3 aromatic carbocycles. The van der Waals surface area contributed by atoms with Crippen LogP contribution in [0.25, 0.3) is 22.0 Å². The first-order chi connectivity index (χ1) is 18.6. The molecule has 0 N–H and O–H groups in total. The first-order valence-corrected chi connectivity index (χ1v) is 14.2. The molecule has 0 bridgehead atoms. The number of benzene rings is 3. The molecule has 0 spiro atoms. The summed E-state index contributed by atoms with van der Waals surface area (Å²) >= 11 is 1.56. The maximum absolute atomic E-state index is 13.3. The summed E-state index contributed by atoms with van der Waals surface area (Å²) in [5, 5.41) is 11.5. The van der Waals surface area contributed by atoms with Crippen LogP contribution >= 0.6 is 11.8 Å². The lowest BCUT2D eigenvalue weighted by Crippen LogP contribution is -2.36. The molecule has 196 valence electrons. The van der Waals surface area contributed by atoms with Crippen LogP contribution in [0, 0.1) is 0 Å². The highest BCUT2D eigenvalue weighted by atomic mass is 32.2. The first-order valence-electron chi connectivity index (χ1n) is 13.2. The molecule has 1 aliphatic heterocycles. The summed E-state index contributed by atoms with van der Waals surface area (Å²) in [6.07, 6.45) is 3.28. The third-order valence-electron chi connectivity index (χ3n) is 6.51. The number of aromatic nitrogens is 3. The molecule has 0 radical (unpaired) electrons. The number of nitrogens with zero attached hydrogens (tertiary/aromatic N) is 4. The summed E-state index contributed by atoms with van der Waals surface area (Å²) in [6.45, 7) is 6.41. The summed E-state index contributed by atoms with van der Waals surface area (Å²) in [6, 6.07) is 19.8. The number of para-hydroxylation sites is 1. The van der Waals surface area contributed by atoms with Gasteiger partial charge >= 0.3 is 0 Å². The van der Waals surface area contributed by atoms with E-state index in [4.69, 9.17) is 14.5 Å². The Kier molecular flexibility index (Phi) is 8.08. The summed E-state index contributed by atoms with van der Waals surface area (Å²) in [7, 11) is 0. The molecule has 1 amide bonds. The van der Waals surface area contributed by atoms with Crippen LogP contribution in [0.3, 0.4) is 0 Å². The number of rotatable bonds is 9. The van der Waals surface area contributed by atoms with Gasteiger partial charge in [0.15, 0.2) is 5.69 Å². The largest absolute Gasteiger partial charge is 0.493 e. The molecule has 7 nitrogen and oxygen atoms in total. The summed E-state index contributed by atoms with van der Waals surface area (Å²) in [5.41, 5.74) is 2.75. The fourth-order valence-corrected chi connectivity index (χ4v) is 5.45. The molecule has 0 saturated carbocycles. The van der Waals surface area contributed by atoms with Gasteiger partial charge in [-0.25, -0.2) is 0 Å². The van der Waals surface area contributed by atoms with Gasteiger partial charge in [0.05, 0.1) is 17.9 Å². The minimum Gasteiger partial charge on any atom is -0.493 e. The van der Waals surface area contributed by atoms with Crippen molar-refractivity contribution in [2.45, 2.75) is 57.8 Å². The van der Waals surface area contributed by atoms with E-state index >= 15 is 0 Å². The predicted octanol–water partition coefficient (Wildman–Crippen LogP) is 7.21. The zero-order valence-electron chi connectivity index (χ0n) is 22.0. The molecule has 5 rings (SSSR count). The summed E-state index contributed by atoms with van der Waals surface area (Å²) in [5.74, 6) is 1.78. The van der Waals surface area contributed by atoms with Crippen molar-refractivity contribution in [3.05, 3.63) is 66.2 Å². The Morgan fingerprint density at radius 2 is 1.79 bits per heavy atom. The highest BCUT2D eigenvalue weighted by molar-refractivity contribution is 7.99. The van der Waals surface area contributed by atoms with Crippen LogP contribution < -0.4 is 14.4 Å². The van der Waals surface area contributed by atoms with Crippen molar-refractivity contribution in [3.63, 3.8) is 0 Å². The number of amides is 1. The second kappa shape index (κ2) is 11.8. The van der Waals surface area contributed by atoms with Crippen molar-refractivity contribution in [1.82, 2.24) is 15.2 Å². The van der Waals surface area contributed by atoms with Gasteiger partial charge in [-0.2, -0.15) is 4.98 Å². The number of hydrogen-bond donors (Lipinski definition) is 0. The van der Waals surface area contributed by atoms with E-state index in [1.165, 1.54) is 0 Å². The van der Waals surface area contributed by atoms with Gasteiger partial charge in [0.25, 0.3) is 0 Å². The normalized spacial score (nSPS) is 14.4. The predicted molar refractivity (Wildman–Crippen MR) is 152 cm³/mol. The zero-order chi connectivity index (χ0) is 26.5. The summed E-state index contributed by atoms with van der Waals surface area (Å²) in [4.78, 5) is 19.8. The van der Waals surface area contributed by atoms with Crippen molar-refractivity contribution in [2.75, 3.05) is 17.3 Å². The van der Waals surface area contributed by atoms with E-state index in [1.54, 1.807) is 23.6 Å². The number of unbranched alkanes of at least 4 members (excludes halogenated alkanes) is 2. The topological polar surface area (TPSA) is 77.4 Å². The molecular weight excluding hydrogens is 496 g/mol. The number of anilines is 1. The molecule has 1 aliphatic rings. The number of hydrogen-bond acceptors (Lipinski definition) is 7. The van der Waals surface area contributed by atoms with Gasteiger partial charge in [0, 0.05) is 18.2 Å². The van der Waals surface area contributed by atoms with Crippen LogP contribution in [0.15, 0.2) is 65.8 Å². The number of thioether (sulfide) groups is 1. The third kappa shape index (κ3) is 5.18. The lowest BCUT2D eigenvalue weighted by molar-refractivity contribution is -0.118. The van der Waals surface area contributed by atoms with E-state index in [0.717, 1.165) is 53.3 Å². The molecule has 4 aromatic rings. The van der Waals surface area contributed by atoms with Gasteiger partial charge < -0.3 is 9.47 Å². The SMILES string of the molecule is CCCCOc1ccc2ccccc2c1[C@@H]1Oc2nc(SCCCC)nnc2-c2ccccc2N1C(C)=O. The van der Waals surface area contributed by atoms with E-state index in [9.17, 15) is 4.79 Å². The van der Waals surface area contributed by atoms with Crippen LogP contribution in [-0.2, 0) is 4.79 Å². The van der Waals surface area contributed by atoms with Crippen LogP contribution in [0.2, 0.25) is 0 Å². The molecule has 1 aromatic heterocycles. The third-order valence-corrected chi connectivity index (χ3v) is 7.44. The first kappa shape index (κ1) is 26.0. The average Bonchev–Trinajstić information content (AvgIpc) is 3.07. The van der Waals surface area contributed by atoms with Gasteiger partial charge in [-0.05, 0) is 35.7 Å². The van der Waals surface area contributed by atoms with E-state index < -0.39 is 6.23 Å². The Balaban J connectivity index is 1.72. The van der Waals surface area contributed by atoms with Crippen LogP contribution in [0.5, 0.6) is 11.6 Å². The molecule has 0 fully saturated rings. The second-order valence-corrected chi connectivity index (χ2v) is 10.3. The van der Waals surface area contributed by atoms with Crippen molar-refractivity contribution in [3.8, 4) is 22.9 Å². The highest BCUT2D eigenvalue weighted by Crippen LogP contribution is 2.46. The van der Waals surface area contributed by atoms with Gasteiger partial charge in [-0.3, -0.25) is 9.69 Å². The van der Waals surface area contributed by atoms with Crippen molar-refractivity contribution in [1.29, 1.82) is 0 Å². The van der Waals surface area contributed by atoms with Crippen LogP contribution in [-0.4, -0.2) is 33.4 Å². The molecule has 2 heterocycles. The summed E-state index contributed by atoms with van der Waals surface area (Å²) < 4.78 is 13.0. The molecule has 0 saturated heterocycles. The Bertz CT molecular complexity index is 1440. The maximum atomic E-state index is 13.3. The smallest absolute Gasteiger partial charge is 0.247 e. The van der Waals surface area contributed by atoms with Gasteiger partial charge in [0.2, 0.25) is 23.2 Å². The minimum absolute atomic E-state index is 0.159. The molecule has 0 aliphatic carbocycles. The van der Waals surface area contributed by atoms with Gasteiger partial charge in [-0.1, -0.05) is 87.0 Å². The fourth-order valence-electron chi connectivity index (χ4n) is 4.59. The van der Waals surface area contributed by atoms with Gasteiger partial charge in [0.1, 0.15) is 5.75 Å². The Morgan fingerprint density at radius 3 is 2.61 bits per heavy atom. The van der Waals surface area contributed by atoms with E-state index in [2.05, 4.69) is 30.1 Å². The van der Waals surface area contributed by atoms with Crippen LogP contribution in [0.4, 0.5) is 5.69 Å². The standard InChI is InChI=1S/C30H32N4O3S/c1-4-6-18-36-25-17-16-21-12-8-9-13-22(21)26(25)29-34(20(3)35)24-15-11-10-14-23(24)27-28(37-29)31-30(33-32-27)38-19-7-5-2/h8-17,29H,4-7,18-19H2,1-3H3/t29-/m0/s1. The van der Waals surface area contributed by atoms with E-state index in [0.29, 0.717) is 34.8 Å². The van der Waals surface area contributed by atoms with Crippen molar-refractivity contribution in [2.24, 2.45) is 0 Å². The number of ether oxygens (including phenoxy) is 2. The molecule has 38 heavy (non-hydrogen) atoms. The Hall–Kier alpha value is -3.65. The molecule has 8 heteroatoms. The maximum Gasteiger partial charge on any atom is 0.247 e. The van der Waals surface area contributed by atoms with Crippen molar-refractivity contribution >= 4 is 34.1 Å². The van der Waals surface area contributed by atoms with E-state index in [-0.39, 0.29) is 5.91 Å². The quantitative estimate of drug-likeness (QED) is 0.168. The highest BCUT2D eigenvalue weighted by Gasteiger charge is 2.37. The average molecular weight is 529 g/mol. The lowest BCUT2D eigenvalue weighted by Gasteiger charge is -2.31. The minimum atomic E-state index is -0.817. The Morgan fingerprint density at radius 1 is 1.00 bits per heavy atom. The second-order valence-electron chi connectivity index (χ2n) is 9.23. The lowest BCUT2D eigenvalue weighted by atomic mass is 10.0.